The monoisotopic (exact) mass is 331 g/mol. The second-order valence-electron chi connectivity index (χ2n) is 6.41. The number of hydrogen-bond donors (Lipinski definition) is 2. The third kappa shape index (κ3) is 5.33. The molecule has 7 nitrogen and oxygen atoms in total. The zero-order valence-corrected chi connectivity index (χ0v) is 14.6. The molecule has 0 spiro atoms. The molecule has 0 atom stereocenters. The molecule has 2 fully saturated rings. The Morgan fingerprint density at radius 1 is 1.21 bits per heavy atom. The third-order valence-electron chi connectivity index (χ3n) is 4.37. The minimum Gasteiger partial charge on any atom is -0.357 e. The van der Waals surface area contributed by atoms with Crippen molar-refractivity contribution in [2.24, 2.45) is 4.99 Å². The largest absolute Gasteiger partial charge is 0.357 e. The first kappa shape index (κ1) is 17.0. The fourth-order valence-corrected chi connectivity index (χ4v) is 2.85. The van der Waals surface area contributed by atoms with Crippen molar-refractivity contribution in [3.63, 3.8) is 0 Å². The van der Waals surface area contributed by atoms with Crippen molar-refractivity contribution in [3.8, 4) is 0 Å². The fourth-order valence-electron chi connectivity index (χ4n) is 2.85. The summed E-state index contributed by atoms with van der Waals surface area (Å²) < 4.78 is 0. The Bertz CT molecular complexity index is 507. The topological polar surface area (TPSA) is 68.7 Å². The van der Waals surface area contributed by atoms with Gasteiger partial charge in [-0.25, -0.2) is 9.97 Å². The van der Waals surface area contributed by atoms with Crippen LogP contribution in [0, 0.1) is 0 Å². The van der Waals surface area contributed by atoms with Gasteiger partial charge < -0.3 is 15.5 Å². The highest BCUT2D eigenvalue weighted by Crippen LogP contribution is 2.18. The molecule has 1 saturated carbocycles. The highest BCUT2D eigenvalue weighted by molar-refractivity contribution is 5.80. The number of aliphatic imine (C=N–C) groups is 1. The first-order chi connectivity index (χ1) is 11.8. The van der Waals surface area contributed by atoms with Gasteiger partial charge in [-0.3, -0.25) is 9.89 Å². The van der Waals surface area contributed by atoms with E-state index in [0.29, 0.717) is 6.04 Å². The average molecular weight is 331 g/mol. The van der Waals surface area contributed by atoms with E-state index in [4.69, 9.17) is 0 Å². The second kappa shape index (κ2) is 8.82. The molecular formula is C17H29N7. The van der Waals surface area contributed by atoms with Crippen LogP contribution < -0.4 is 15.5 Å². The highest BCUT2D eigenvalue weighted by atomic mass is 15.3. The van der Waals surface area contributed by atoms with Gasteiger partial charge in [0, 0.05) is 64.2 Å². The molecule has 0 unspecified atom stereocenters. The quantitative estimate of drug-likeness (QED) is 0.436. The van der Waals surface area contributed by atoms with E-state index in [1.807, 2.05) is 18.5 Å². The summed E-state index contributed by atoms with van der Waals surface area (Å²) in [5.41, 5.74) is 0. The Kier molecular flexibility index (Phi) is 6.23. The molecule has 132 valence electrons. The first-order valence-corrected chi connectivity index (χ1v) is 9.14. The van der Waals surface area contributed by atoms with E-state index in [9.17, 15) is 0 Å². The number of nitrogens with zero attached hydrogens (tertiary/aromatic N) is 5. The Labute approximate surface area is 144 Å². The van der Waals surface area contributed by atoms with Gasteiger partial charge in [0.25, 0.3) is 0 Å². The van der Waals surface area contributed by atoms with Crippen LogP contribution in [0.5, 0.6) is 0 Å². The Balaban J connectivity index is 1.34. The molecule has 0 bridgehead atoms. The normalized spacial score (nSPS) is 19.4. The average Bonchev–Trinajstić information content (AvgIpc) is 3.44. The van der Waals surface area contributed by atoms with Crippen LogP contribution in [-0.4, -0.2) is 72.7 Å². The SMILES string of the molecule is CCNC(=NCCCN1CCN(c2ncccn2)CC1)NC1CC1. The van der Waals surface area contributed by atoms with Crippen molar-refractivity contribution in [1.82, 2.24) is 25.5 Å². The fraction of sp³-hybridized carbons (Fsp3) is 0.706. The number of aromatic nitrogens is 2. The Hall–Kier alpha value is -1.89. The summed E-state index contributed by atoms with van der Waals surface area (Å²) in [7, 11) is 0. The Morgan fingerprint density at radius 3 is 2.62 bits per heavy atom. The summed E-state index contributed by atoms with van der Waals surface area (Å²) in [5.74, 6) is 1.83. The Morgan fingerprint density at radius 2 is 1.96 bits per heavy atom. The van der Waals surface area contributed by atoms with Crippen molar-refractivity contribution in [2.45, 2.75) is 32.2 Å². The molecule has 1 aliphatic carbocycles. The summed E-state index contributed by atoms with van der Waals surface area (Å²) in [6.07, 6.45) is 7.28. The van der Waals surface area contributed by atoms with Crippen molar-refractivity contribution < 1.29 is 0 Å². The number of hydrogen-bond acceptors (Lipinski definition) is 5. The standard InChI is InChI=1S/C17H29N7/c1-2-18-16(22-15-5-6-15)19-9-4-10-23-11-13-24(14-12-23)17-20-7-3-8-21-17/h3,7-8,15H,2,4-6,9-14H2,1H3,(H2,18,19,22). The predicted octanol–water partition coefficient (Wildman–Crippen LogP) is 0.706. The predicted molar refractivity (Wildman–Crippen MR) is 97.4 cm³/mol. The highest BCUT2D eigenvalue weighted by Gasteiger charge is 2.22. The van der Waals surface area contributed by atoms with E-state index in [0.717, 1.165) is 64.1 Å². The first-order valence-electron chi connectivity index (χ1n) is 9.14. The van der Waals surface area contributed by atoms with E-state index in [1.54, 1.807) is 0 Å². The molecule has 7 heteroatoms. The van der Waals surface area contributed by atoms with E-state index < -0.39 is 0 Å². The third-order valence-corrected chi connectivity index (χ3v) is 4.37. The zero-order valence-electron chi connectivity index (χ0n) is 14.6. The minimum absolute atomic E-state index is 0.649. The molecule has 1 aromatic heterocycles. The van der Waals surface area contributed by atoms with Gasteiger partial charge >= 0.3 is 0 Å². The molecule has 2 N–H and O–H groups in total. The summed E-state index contributed by atoms with van der Waals surface area (Å²) in [5, 5.41) is 6.78. The number of anilines is 1. The lowest BCUT2D eigenvalue weighted by atomic mass is 10.3. The number of piperazine rings is 1. The number of rotatable bonds is 7. The zero-order chi connectivity index (χ0) is 16.6. The smallest absolute Gasteiger partial charge is 0.225 e. The van der Waals surface area contributed by atoms with Crippen molar-refractivity contribution in [3.05, 3.63) is 18.5 Å². The maximum absolute atomic E-state index is 4.68. The number of nitrogens with one attached hydrogen (secondary N) is 2. The van der Waals surface area contributed by atoms with Gasteiger partial charge in [0.1, 0.15) is 0 Å². The second-order valence-corrected chi connectivity index (χ2v) is 6.41. The van der Waals surface area contributed by atoms with Gasteiger partial charge in [-0.05, 0) is 32.3 Å². The van der Waals surface area contributed by atoms with Gasteiger partial charge in [0.05, 0.1) is 0 Å². The van der Waals surface area contributed by atoms with Crippen LogP contribution in [0.1, 0.15) is 26.2 Å². The van der Waals surface area contributed by atoms with Crippen molar-refractivity contribution >= 4 is 11.9 Å². The summed E-state index contributed by atoms with van der Waals surface area (Å²) >= 11 is 0. The molecule has 0 amide bonds. The van der Waals surface area contributed by atoms with E-state index in [-0.39, 0.29) is 0 Å². The molecule has 0 aromatic carbocycles. The van der Waals surface area contributed by atoms with Crippen LogP contribution in [0.25, 0.3) is 0 Å². The van der Waals surface area contributed by atoms with Crippen molar-refractivity contribution in [1.29, 1.82) is 0 Å². The molecule has 24 heavy (non-hydrogen) atoms. The van der Waals surface area contributed by atoms with Crippen LogP contribution >= 0.6 is 0 Å². The van der Waals surface area contributed by atoms with Gasteiger partial charge in [-0.2, -0.15) is 0 Å². The van der Waals surface area contributed by atoms with Crippen LogP contribution in [0.2, 0.25) is 0 Å². The molecule has 1 saturated heterocycles. The molecule has 0 radical (unpaired) electrons. The van der Waals surface area contributed by atoms with E-state index in [1.165, 1.54) is 12.8 Å². The molecule has 1 aromatic rings. The molecular weight excluding hydrogens is 302 g/mol. The van der Waals surface area contributed by atoms with Crippen LogP contribution in [0.15, 0.2) is 23.5 Å². The minimum atomic E-state index is 0.649. The molecule has 3 rings (SSSR count). The number of guanidine groups is 1. The maximum Gasteiger partial charge on any atom is 0.225 e. The van der Waals surface area contributed by atoms with Crippen LogP contribution in [0.4, 0.5) is 5.95 Å². The van der Waals surface area contributed by atoms with Crippen LogP contribution in [0.3, 0.4) is 0 Å². The summed E-state index contributed by atoms with van der Waals surface area (Å²) in [4.78, 5) is 18.1. The summed E-state index contributed by atoms with van der Waals surface area (Å²) in [6.45, 7) is 9.16. The molecule has 2 aliphatic rings. The van der Waals surface area contributed by atoms with Crippen LogP contribution in [-0.2, 0) is 0 Å². The summed E-state index contributed by atoms with van der Waals surface area (Å²) in [6, 6.07) is 2.51. The van der Waals surface area contributed by atoms with Crippen molar-refractivity contribution in [2.75, 3.05) is 50.7 Å². The van der Waals surface area contributed by atoms with E-state index in [2.05, 4.69) is 42.3 Å². The lowest BCUT2D eigenvalue weighted by Gasteiger charge is -2.34. The van der Waals surface area contributed by atoms with E-state index >= 15 is 0 Å². The van der Waals surface area contributed by atoms with Gasteiger partial charge in [-0.15, -0.1) is 0 Å². The maximum atomic E-state index is 4.68. The lowest BCUT2D eigenvalue weighted by Crippen LogP contribution is -2.47. The van der Waals surface area contributed by atoms with Gasteiger partial charge in [0.2, 0.25) is 5.95 Å². The molecule has 1 aliphatic heterocycles. The van der Waals surface area contributed by atoms with Gasteiger partial charge in [-0.1, -0.05) is 0 Å². The lowest BCUT2D eigenvalue weighted by molar-refractivity contribution is 0.255. The molecule has 2 heterocycles. The van der Waals surface area contributed by atoms with Gasteiger partial charge in [0.15, 0.2) is 5.96 Å².